The fraction of sp³-hybridized carbons (Fsp3) is 0.118. The Bertz CT molecular complexity index is 847. The van der Waals surface area contributed by atoms with Crippen LogP contribution in [0.2, 0.25) is 0 Å². The van der Waals surface area contributed by atoms with Crippen LogP contribution in [-0.2, 0) is 4.79 Å². The molecule has 3 rings (SSSR count). The number of nitrogens with one attached hydrogen (secondary N) is 1. The normalized spacial score (nSPS) is 10.6. The van der Waals surface area contributed by atoms with E-state index in [1.807, 2.05) is 60.0 Å². The van der Waals surface area contributed by atoms with Crippen LogP contribution in [0.1, 0.15) is 5.56 Å². The number of carbonyl (C=O) groups is 1. The first kappa shape index (κ1) is 16.2. The zero-order chi connectivity index (χ0) is 16.9. The van der Waals surface area contributed by atoms with E-state index in [1.54, 1.807) is 0 Å². The summed E-state index contributed by atoms with van der Waals surface area (Å²) in [5.74, 6) is 5.79. The smallest absolute Gasteiger partial charge is 0.244 e. The van der Waals surface area contributed by atoms with Gasteiger partial charge in [-0.3, -0.25) is 14.8 Å². The van der Waals surface area contributed by atoms with Crippen molar-refractivity contribution in [3.05, 3.63) is 60.2 Å². The van der Waals surface area contributed by atoms with Crippen molar-refractivity contribution in [2.45, 2.75) is 12.1 Å². The zero-order valence-corrected chi connectivity index (χ0v) is 14.0. The van der Waals surface area contributed by atoms with Crippen molar-refractivity contribution >= 4 is 17.7 Å². The maximum absolute atomic E-state index is 11.4. The number of aryl methyl sites for hydroxylation is 1. The summed E-state index contributed by atoms with van der Waals surface area (Å²) in [4.78, 5) is 11.4. The summed E-state index contributed by atoms with van der Waals surface area (Å²) >= 11 is 1.29. The van der Waals surface area contributed by atoms with Crippen LogP contribution in [0.4, 0.5) is 0 Å². The molecule has 0 aliphatic heterocycles. The summed E-state index contributed by atoms with van der Waals surface area (Å²) in [5.41, 5.74) is 5.18. The minimum Gasteiger partial charge on any atom is -0.294 e. The van der Waals surface area contributed by atoms with E-state index in [-0.39, 0.29) is 11.7 Å². The quantitative estimate of drug-likeness (QED) is 0.322. The SMILES string of the molecule is Cc1cccc(-c2nnc(SCC(=O)NN)n2-c2ccccc2)c1. The number of hydrazine groups is 1. The topological polar surface area (TPSA) is 85.8 Å². The molecule has 0 spiro atoms. The Kier molecular flexibility index (Phi) is 4.93. The lowest BCUT2D eigenvalue weighted by molar-refractivity contribution is -0.118. The van der Waals surface area contributed by atoms with Gasteiger partial charge in [0.15, 0.2) is 11.0 Å². The Morgan fingerprint density at radius 3 is 2.67 bits per heavy atom. The van der Waals surface area contributed by atoms with Crippen LogP contribution in [0, 0.1) is 6.92 Å². The van der Waals surface area contributed by atoms with Gasteiger partial charge in [0.2, 0.25) is 5.91 Å². The minimum atomic E-state index is -0.264. The van der Waals surface area contributed by atoms with Gasteiger partial charge in [0.1, 0.15) is 0 Å². The fourth-order valence-electron chi connectivity index (χ4n) is 2.32. The Balaban J connectivity index is 2.06. The van der Waals surface area contributed by atoms with Gasteiger partial charge in [0, 0.05) is 11.3 Å². The van der Waals surface area contributed by atoms with Crippen LogP contribution in [0.3, 0.4) is 0 Å². The number of nitrogens with zero attached hydrogens (tertiary/aromatic N) is 3. The van der Waals surface area contributed by atoms with Crippen LogP contribution in [-0.4, -0.2) is 26.4 Å². The summed E-state index contributed by atoms with van der Waals surface area (Å²) in [7, 11) is 0. The molecule has 0 unspecified atom stereocenters. The van der Waals surface area contributed by atoms with Crippen LogP contribution >= 0.6 is 11.8 Å². The van der Waals surface area contributed by atoms with E-state index in [2.05, 4.69) is 21.7 Å². The summed E-state index contributed by atoms with van der Waals surface area (Å²) in [6, 6.07) is 17.9. The lowest BCUT2D eigenvalue weighted by Gasteiger charge is -2.10. The lowest BCUT2D eigenvalue weighted by Crippen LogP contribution is -2.31. The first-order chi connectivity index (χ1) is 11.7. The number of rotatable bonds is 5. The average Bonchev–Trinajstić information content (AvgIpc) is 3.04. The highest BCUT2D eigenvalue weighted by atomic mass is 32.2. The second-order valence-corrected chi connectivity index (χ2v) is 6.15. The van der Waals surface area contributed by atoms with E-state index in [1.165, 1.54) is 11.8 Å². The second-order valence-electron chi connectivity index (χ2n) is 5.20. The molecule has 2 aromatic carbocycles. The van der Waals surface area contributed by atoms with E-state index in [9.17, 15) is 4.79 Å². The lowest BCUT2D eigenvalue weighted by atomic mass is 10.1. The molecular formula is C17H17N5OS. The van der Waals surface area contributed by atoms with Crippen LogP contribution in [0.25, 0.3) is 17.1 Å². The summed E-state index contributed by atoms with van der Waals surface area (Å²) in [5, 5.41) is 9.24. The fourth-order valence-corrected chi connectivity index (χ4v) is 3.08. The van der Waals surface area contributed by atoms with Crippen LogP contribution in [0.15, 0.2) is 59.8 Å². The Hall–Kier alpha value is -2.64. The van der Waals surface area contributed by atoms with Crippen LogP contribution < -0.4 is 11.3 Å². The molecule has 0 radical (unpaired) electrons. The van der Waals surface area contributed by atoms with Gasteiger partial charge >= 0.3 is 0 Å². The van der Waals surface area contributed by atoms with E-state index in [4.69, 9.17) is 5.84 Å². The summed E-state index contributed by atoms with van der Waals surface area (Å²) < 4.78 is 1.95. The zero-order valence-electron chi connectivity index (χ0n) is 13.1. The summed E-state index contributed by atoms with van der Waals surface area (Å²) in [6.45, 7) is 2.04. The number of amides is 1. The minimum absolute atomic E-state index is 0.176. The van der Waals surface area contributed by atoms with Gasteiger partial charge < -0.3 is 0 Å². The number of aromatic nitrogens is 3. The number of carbonyl (C=O) groups excluding carboxylic acids is 1. The molecule has 0 fully saturated rings. The van der Waals surface area contributed by atoms with Crippen molar-refractivity contribution in [1.82, 2.24) is 20.2 Å². The van der Waals surface area contributed by atoms with Crippen molar-refractivity contribution in [3.63, 3.8) is 0 Å². The molecule has 7 heteroatoms. The first-order valence-electron chi connectivity index (χ1n) is 7.39. The molecule has 0 atom stereocenters. The maximum atomic E-state index is 11.4. The van der Waals surface area contributed by atoms with Gasteiger partial charge in [-0.25, -0.2) is 5.84 Å². The van der Waals surface area contributed by atoms with E-state index in [0.717, 1.165) is 22.6 Å². The van der Waals surface area contributed by atoms with E-state index in [0.29, 0.717) is 5.16 Å². The molecule has 1 aromatic heterocycles. The molecule has 6 nitrogen and oxygen atoms in total. The highest BCUT2D eigenvalue weighted by Crippen LogP contribution is 2.28. The number of thioether (sulfide) groups is 1. The molecule has 24 heavy (non-hydrogen) atoms. The molecule has 3 N–H and O–H groups in total. The molecular weight excluding hydrogens is 322 g/mol. The van der Waals surface area contributed by atoms with Crippen molar-refractivity contribution in [2.75, 3.05) is 5.75 Å². The predicted molar refractivity (Wildman–Crippen MR) is 94.6 cm³/mol. The Morgan fingerprint density at radius 1 is 1.17 bits per heavy atom. The largest absolute Gasteiger partial charge is 0.294 e. The van der Waals surface area contributed by atoms with Crippen molar-refractivity contribution in [3.8, 4) is 17.1 Å². The molecule has 3 aromatic rings. The third-order valence-electron chi connectivity index (χ3n) is 3.42. The van der Waals surface area contributed by atoms with Crippen LogP contribution in [0.5, 0.6) is 0 Å². The highest BCUT2D eigenvalue weighted by molar-refractivity contribution is 7.99. The molecule has 0 saturated heterocycles. The standard InChI is InChI=1S/C17H17N5OS/c1-12-6-5-7-13(10-12)16-20-21-17(24-11-15(23)19-18)22(16)14-8-3-2-4-9-14/h2-10H,11,18H2,1H3,(H,19,23). The number of nitrogens with two attached hydrogens (primary N) is 1. The number of para-hydroxylation sites is 1. The first-order valence-corrected chi connectivity index (χ1v) is 8.37. The molecule has 0 aliphatic rings. The third-order valence-corrected chi connectivity index (χ3v) is 4.35. The maximum Gasteiger partial charge on any atom is 0.244 e. The van der Waals surface area contributed by atoms with Crippen molar-refractivity contribution in [2.24, 2.45) is 5.84 Å². The number of benzene rings is 2. The predicted octanol–water partition coefficient (Wildman–Crippen LogP) is 2.32. The summed E-state index contributed by atoms with van der Waals surface area (Å²) in [6.07, 6.45) is 0. The number of hydrogen-bond acceptors (Lipinski definition) is 5. The Labute approximate surface area is 144 Å². The van der Waals surface area contributed by atoms with Gasteiger partial charge in [0.25, 0.3) is 0 Å². The molecule has 122 valence electrons. The van der Waals surface area contributed by atoms with Gasteiger partial charge in [-0.2, -0.15) is 0 Å². The van der Waals surface area contributed by atoms with Gasteiger partial charge in [-0.05, 0) is 25.1 Å². The molecule has 0 bridgehead atoms. The third kappa shape index (κ3) is 3.47. The van der Waals surface area contributed by atoms with E-state index < -0.39 is 0 Å². The molecule has 0 aliphatic carbocycles. The molecule has 1 heterocycles. The number of hydrogen-bond donors (Lipinski definition) is 2. The van der Waals surface area contributed by atoms with E-state index >= 15 is 0 Å². The molecule has 1 amide bonds. The molecule has 0 saturated carbocycles. The van der Waals surface area contributed by atoms with Gasteiger partial charge in [-0.1, -0.05) is 53.7 Å². The monoisotopic (exact) mass is 339 g/mol. The highest BCUT2D eigenvalue weighted by Gasteiger charge is 2.17. The Morgan fingerprint density at radius 2 is 1.96 bits per heavy atom. The van der Waals surface area contributed by atoms with Crippen molar-refractivity contribution in [1.29, 1.82) is 0 Å². The average molecular weight is 339 g/mol. The second kappa shape index (κ2) is 7.29. The van der Waals surface area contributed by atoms with Gasteiger partial charge in [-0.15, -0.1) is 10.2 Å². The van der Waals surface area contributed by atoms with Gasteiger partial charge in [0.05, 0.1) is 5.75 Å². The van der Waals surface area contributed by atoms with Crippen molar-refractivity contribution < 1.29 is 4.79 Å².